The lowest BCUT2D eigenvalue weighted by Gasteiger charge is -2.10. The minimum absolute atomic E-state index is 0.172. The van der Waals surface area contributed by atoms with Gasteiger partial charge in [0, 0.05) is 24.5 Å². The number of ether oxygens (including phenoxy) is 1. The van der Waals surface area contributed by atoms with Crippen LogP contribution in [0.25, 0.3) is 11.1 Å². The lowest BCUT2D eigenvalue weighted by atomic mass is 10.0. The quantitative estimate of drug-likeness (QED) is 0.730. The Labute approximate surface area is 151 Å². The number of rotatable bonds is 6. The molecule has 0 atom stereocenters. The van der Waals surface area contributed by atoms with Gasteiger partial charge in [-0.05, 0) is 37.5 Å². The number of hydrogen-bond donors (Lipinski definition) is 1. The summed E-state index contributed by atoms with van der Waals surface area (Å²) >= 11 is 0. The first-order valence-electron chi connectivity index (χ1n) is 8.62. The Morgan fingerprint density at radius 2 is 2.15 bits per heavy atom. The molecule has 136 valence electrons. The first-order valence-corrected chi connectivity index (χ1v) is 8.62. The van der Waals surface area contributed by atoms with Gasteiger partial charge in [-0.3, -0.25) is 4.79 Å². The number of hydrogen-bond acceptors (Lipinski definition) is 6. The molecule has 0 aliphatic heterocycles. The van der Waals surface area contributed by atoms with Gasteiger partial charge in [-0.2, -0.15) is 0 Å². The summed E-state index contributed by atoms with van der Waals surface area (Å²) in [4.78, 5) is 21.4. The lowest BCUT2D eigenvalue weighted by Crippen LogP contribution is -2.23. The number of carbonyl (C=O) groups excluding carboxylic acids is 1. The van der Waals surface area contributed by atoms with Crippen molar-refractivity contribution in [3.8, 4) is 5.88 Å². The Kier molecular flexibility index (Phi) is 5.16. The average molecular weight is 354 g/mol. The second-order valence-electron chi connectivity index (χ2n) is 6.32. The third-order valence-corrected chi connectivity index (χ3v) is 4.02. The molecule has 0 fully saturated rings. The van der Waals surface area contributed by atoms with Crippen LogP contribution in [0, 0.1) is 6.92 Å². The van der Waals surface area contributed by atoms with Crippen LogP contribution in [0.1, 0.15) is 54.0 Å². The Morgan fingerprint density at radius 3 is 2.88 bits per heavy atom. The topological polar surface area (TPSA) is 90.1 Å². The molecule has 0 bridgehead atoms. The summed E-state index contributed by atoms with van der Waals surface area (Å²) in [5.74, 6) is 0.521. The van der Waals surface area contributed by atoms with Crippen molar-refractivity contribution in [1.82, 2.24) is 20.4 Å². The molecule has 3 heterocycles. The third-order valence-electron chi connectivity index (χ3n) is 4.02. The maximum atomic E-state index is 12.8. The molecule has 3 aromatic rings. The summed E-state index contributed by atoms with van der Waals surface area (Å²) in [6.45, 7) is 8.65. The highest BCUT2D eigenvalue weighted by Gasteiger charge is 2.19. The molecule has 1 amide bonds. The van der Waals surface area contributed by atoms with Gasteiger partial charge in [0.15, 0.2) is 0 Å². The van der Waals surface area contributed by atoms with E-state index in [-0.39, 0.29) is 11.8 Å². The molecule has 0 saturated heterocycles. The van der Waals surface area contributed by atoms with E-state index in [1.54, 1.807) is 13.1 Å². The molecule has 1 N–H and O–H groups in total. The molecule has 0 saturated carbocycles. The number of aromatic nitrogens is 3. The van der Waals surface area contributed by atoms with Crippen LogP contribution in [-0.4, -0.2) is 27.6 Å². The second-order valence-corrected chi connectivity index (χ2v) is 6.32. The maximum Gasteiger partial charge on any atom is 0.259 e. The van der Waals surface area contributed by atoms with E-state index < -0.39 is 0 Å². The van der Waals surface area contributed by atoms with Crippen LogP contribution < -0.4 is 10.1 Å². The van der Waals surface area contributed by atoms with E-state index in [1.807, 2.05) is 39.0 Å². The van der Waals surface area contributed by atoms with Gasteiger partial charge < -0.3 is 14.6 Å². The average Bonchev–Trinajstić information content (AvgIpc) is 3.00. The molecule has 3 rings (SSSR count). The van der Waals surface area contributed by atoms with E-state index in [9.17, 15) is 4.79 Å². The van der Waals surface area contributed by atoms with E-state index in [4.69, 9.17) is 9.26 Å². The van der Waals surface area contributed by atoms with Crippen LogP contribution in [-0.2, 0) is 6.54 Å². The fourth-order valence-corrected chi connectivity index (χ4v) is 2.65. The first-order chi connectivity index (χ1) is 12.5. The zero-order valence-electron chi connectivity index (χ0n) is 15.4. The molecular weight excluding hydrogens is 332 g/mol. The Morgan fingerprint density at radius 1 is 1.35 bits per heavy atom. The predicted octanol–water partition coefficient (Wildman–Crippen LogP) is 3.38. The van der Waals surface area contributed by atoms with E-state index in [0.717, 1.165) is 11.3 Å². The number of carbonyl (C=O) groups is 1. The molecule has 7 nitrogen and oxygen atoms in total. The van der Waals surface area contributed by atoms with Gasteiger partial charge in [-0.15, -0.1) is 0 Å². The Hall–Kier alpha value is -2.96. The van der Waals surface area contributed by atoms with Crippen LogP contribution in [0.3, 0.4) is 0 Å². The molecule has 7 heteroatoms. The van der Waals surface area contributed by atoms with Crippen molar-refractivity contribution in [1.29, 1.82) is 0 Å². The van der Waals surface area contributed by atoms with Crippen molar-refractivity contribution >= 4 is 17.0 Å². The predicted molar refractivity (Wildman–Crippen MR) is 97.2 cm³/mol. The smallest absolute Gasteiger partial charge is 0.259 e. The standard InChI is InChI=1S/C19H22N4O3/c1-5-25-16-8-13(6-7-20-16)10-21-18(24)14-9-15(11(2)3)22-19-17(14)12(4)23-26-19/h6-9,11H,5,10H2,1-4H3,(H,21,24). The Balaban J connectivity index is 1.85. The third kappa shape index (κ3) is 3.66. The number of fused-ring (bicyclic) bond motifs is 1. The van der Waals surface area contributed by atoms with Crippen molar-refractivity contribution in [2.45, 2.75) is 40.2 Å². The molecular formula is C19H22N4O3. The van der Waals surface area contributed by atoms with Crippen molar-refractivity contribution in [2.24, 2.45) is 0 Å². The number of amides is 1. The summed E-state index contributed by atoms with van der Waals surface area (Å²) in [5, 5.41) is 7.54. The second kappa shape index (κ2) is 7.51. The fraction of sp³-hybridized carbons (Fsp3) is 0.368. The van der Waals surface area contributed by atoms with Crippen LogP contribution >= 0.6 is 0 Å². The largest absolute Gasteiger partial charge is 0.478 e. The van der Waals surface area contributed by atoms with Gasteiger partial charge in [0.25, 0.3) is 11.6 Å². The molecule has 0 spiro atoms. The number of aryl methyl sites for hydroxylation is 1. The minimum Gasteiger partial charge on any atom is -0.478 e. The molecule has 0 aromatic carbocycles. The zero-order valence-corrected chi connectivity index (χ0v) is 15.4. The van der Waals surface area contributed by atoms with Gasteiger partial charge in [0.2, 0.25) is 5.88 Å². The Bertz CT molecular complexity index is 934. The van der Waals surface area contributed by atoms with Crippen molar-refractivity contribution in [3.63, 3.8) is 0 Å². The summed E-state index contributed by atoms with van der Waals surface area (Å²) in [6, 6.07) is 5.47. The number of nitrogens with zero attached hydrogens (tertiary/aromatic N) is 3. The van der Waals surface area contributed by atoms with Crippen molar-refractivity contribution < 1.29 is 14.1 Å². The SMILES string of the molecule is CCOc1cc(CNC(=O)c2cc(C(C)C)nc3onc(C)c23)ccn1. The highest BCUT2D eigenvalue weighted by atomic mass is 16.5. The van der Waals surface area contributed by atoms with E-state index >= 15 is 0 Å². The van der Waals surface area contributed by atoms with Crippen LogP contribution in [0.4, 0.5) is 0 Å². The molecule has 3 aromatic heterocycles. The lowest BCUT2D eigenvalue weighted by molar-refractivity contribution is 0.0952. The first kappa shape index (κ1) is 17.8. The van der Waals surface area contributed by atoms with Gasteiger partial charge in [-0.25, -0.2) is 9.97 Å². The maximum absolute atomic E-state index is 12.8. The van der Waals surface area contributed by atoms with Crippen LogP contribution in [0.15, 0.2) is 28.9 Å². The molecule has 0 aliphatic rings. The van der Waals surface area contributed by atoms with Crippen LogP contribution in [0.2, 0.25) is 0 Å². The molecule has 0 unspecified atom stereocenters. The van der Waals surface area contributed by atoms with Crippen molar-refractivity contribution in [3.05, 3.63) is 46.9 Å². The normalized spacial score (nSPS) is 11.1. The molecule has 26 heavy (non-hydrogen) atoms. The zero-order chi connectivity index (χ0) is 18.7. The van der Waals surface area contributed by atoms with E-state index in [0.29, 0.717) is 41.4 Å². The number of nitrogens with one attached hydrogen (secondary N) is 1. The highest BCUT2D eigenvalue weighted by Crippen LogP contribution is 2.25. The van der Waals surface area contributed by atoms with E-state index in [2.05, 4.69) is 20.4 Å². The minimum atomic E-state index is -0.194. The summed E-state index contributed by atoms with van der Waals surface area (Å²) in [6.07, 6.45) is 1.66. The molecule has 0 aliphatic carbocycles. The van der Waals surface area contributed by atoms with Gasteiger partial charge in [-0.1, -0.05) is 19.0 Å². The van der Waals surface area contributed by atoms with Crippen LogP contribution in [0.5, 0.6) is 5.88 Å². The van der Waals surface area contributed by atoms with Gasteiger partial charge in [0.05, 0.1) is 23.3 Å². The van der Waals surface area contributed by atoms with E-state index in [1.165, 1.54) is 0 Å². The van der Waals surface area contributed by atoms with Gasteiger partial charge >= 0.3 is 0 Å². The fourth-order valence-electron chi connectivity index (χ4n) is 2.65. The summed E-state index contributed by atoms with van der Waals surface area (Å²) in [5.41, 5.74) is 3.27. The van der Waals surface area contributed by atoms with Crippen molar-refractivity contribution in [2.75, 3.05) is 6.61 Å². The summed E-state index contributed by atoms with van der Waals surface area (Å²) < 4.78 is 10.7. The monoisotopic (exact) mass is 354 g/mol. The van der Waals surface area contributed by atoms with Gasteiger partial charge in [0.1, 0.15) is 0 Å². The molecule has 0 radical (unpaired) electrons. The number of pyridine rings is 2. The highest BCUT2D eigenvalue weighted by molar-refractivity contribution is 6.06. The summed E-state index contributed by atoms with van der Waals surface area (Å²) in [7, 11) is 0.